The molecule has 162 valence electrons. The minimum atomic E-state index is -0.226. The first-order valence-corrected chi connectivity index (χ1v) is 11.1. The largest absolute Gasteiger partial charge is 0.343 e. The highest BCUT2D eigenvalue weighted by Crippen LogP contribution is 2.23. The normalized spacial score (nSPS) is 15.9. The number of hydrogen-bond acceptors (Lipinski definition) is 3. The number of carbonyl (C=O) groups is 3. The van der Waals surface area contributed by atoms with Crippen molar-refractivity contribution < 1.29 is 14.4 Å². The molecule has 1 aliphatic carbocycles. The Morgan fingerprint density at radius 2 is 1.65 bits per heavy atom. The predicted octanol–water partition coefficient (Wildman–Crippen LogP) is 3.95. The zero-order chi connectivity index (χ0) is 21.6. The van der Waals surface area contributed by atoms with Crippen LogP contribution < -0.4 is 10.6 Å². The maximum atomic E-state index is 12.6. The van der Waals surface area contributed by atoms with Crippen molar-refractivity contribution in [3.63, 3.8) is 0 Å². The molecule has 0 aromatic heterocycles. The van der Waals surface area contributed by atoms with Crippen molar-refractivity contribution in [2.24, 2.45) is 0 Å². The Morgan fingerprint density at radius 1 is 0.903 bits per heavy atom. The number of piperidine rings is 1. The number of hydrogen-bond donors (Lipinski definition) is 2. The molecule has 1 heterocycles. The number of anilines is 1. The van der Waals surface area contributed by atoms with Gasteiger partial charge in [-0.15, -0.1) is 0 Å². The number of nitrogens with zero attached hydrogens (tertiary/aromatic N) is 1. The van der Waals surface area contributed by atoms with Crippen molar-refractivity contribution in [2.45, 2.75) is 51.0 Å². The van der Waals surface area contributed by atoms with Crippen molar-refractivity contribution in [3.8, 4) is 0 Å². The Bertz CT molecular complexity index is 950. The third-order valence-electron chi connectivity index (χ3n) is 6.20. The van der Waals surface area contributed by atoms with Gasteiger partial charge in [-0.3, -0.25) is 9.59 Å². The highest BCUT2D eigenvalue weighted by atomic mass is 16.2. The van der Waals surface area contributed by atoms with Gasteiger partial charge < -0.3 is 15.5 Å². The second-order valence-electron chi connectivity index (χ2n) is 8.38. The van der Waals surface area contributed by atoms with Crippen LogP contribution in [0.15, 0.2) is 48.5 Å². The van der Waals surface area contributed by atoms with Gasteiger partial charge in [-0.2, -0.15) is 0 Å². The van der Waals surface area contributed by atoms with Gasteiger partial charge in [0.05, 0.1) is 0 Å². The summed E-state index contributed by atoms with van der Waals surface area (Å²) >= 11 is 0. The molecule has 6 nitrogen and oxygen atoms in total. The monoisotopic (exact) mass is 419 g/mol. The summed E-state index contributed by atoms with van der Waals surface area (Å²) in [4.78, 5) is 39.0. The lowest BCUT2D eigenvalue weighted by molar-refractivity contribution is -0.132. The van der Waals surface area contributed by atoms with Crippen LogP contribution >= 0.6 is 0 Å². The van der Waals surface area contributed by atoms with Gasteiger partial charge in [0.15, 0.2) is 5.78 Å². The fourth-order valence-electron chi connectivity index (χ4n) is 4.42. The number of urea groups is 1. The Balaban J connectivity index is 1.19. The SMILES string of the molecule is O=C(Nc1ccccc1)NC1CCN(C(=O)CCC(=O)c2ccc3c(c2)CCC3)CC1. The molecule has 2 aromatic carbocycles. The summed E-state index contributed by atoms with van der Waals surface area (Å²) in [5.74, 6) is 0.0545. The Morgan fingerprint density at radius 3 is 2.42 bits per heavy atom. The molecule has 2 N–H and O–H groups in total. The van der Waals surface area contributed by atoms with Gasteiger partial charge in [-0.1, -0.05) is 30.3 Å². The molecule has 1 fully saturated rings. The van der Waals surface area contributed by atoms with Crippen LogP contribution in [-0.4, -0.2) is 41.8 Å². The van der Waals surface area contributed by atoms with E-state index in [2.05, 4.69) is 16.7 Å². The van der Waals surface area contributed by atoms with Crippen LogP contribution in [0.4, 0.5) is 10.5 Å². The third kappa shape index (κ3) is 5.51. The topological polar surface area (TPSA) is 78.5 Å². The molecule has 2 aromatic rings. The van der Waals surface area contributed by atoms with Gasteiger partial charge in [0.2, 0.25) is 5.91 Å². The molecule has 31 heavy (non-hydrogen) atoms. The average molecular weight is 420 g/mol. The lowest BCUT2D eigenvalue weighted by atomic mass is 10.0. The summed E-state index contributed by atoms with van der Waals surface area (Å²) in [5.41, 5.74) is 4.10. The molecule has 0 radical (unpaired) electrons. The number of likely N-dealkylation sites (tertiary alicyclic amines) is 1. The van der Waals surface area contributed by atoms with Crippen molar-refractivity contribution in [3.05, 3.63) is 65.2 Å². The first-order valence-electron chi connectivity index (χ1n) is 11.1. The van der Waals surface area contributed by atoms with E-state index in [4.69, 9.17) is 0 Å². The zero-order valence-corrected chi connectivity index (χ0v) is 17.7. The molecule has 3 amide bonds. The number of Topliss-reactive ketones (excluding diaryl/α,β-unsaturated/α-hetero) is 1. The molecule has 2 aliphatic rings. The van der Waals surface area contributed by atoms with E-state index < -0.39 is 0 Å². The first kappa shape index (κ1) is 21.1. The van der Waals surface area contributed by atoms with Gasteiger partial charge in [0, 0.05) is 43.2 Å². The molecule has 4 rings (SSSR count). The predicted molar refractivity (Wildman–Crippen MR) is 120 cm³/mol. The van der Waals surface area contributed by atoms with E-state index in [0.29, 0.717) is 25.9 Å². The van der Waals surface area contributed by atoms with Gasteiger partial charge in [0.25, 0.3) is 0 Å². The number of rotatable bonds is 6. The van der Waals surface area contributed by atoms with Gasteiger partial charge >= 0.3 is 6.03 Å². The van der Waals surface area contributed by atoms with E-state index in [1.54, 1.807) is 0 Å². The fourth-order valence-corrected chi connectivity index (χ4v) is 4.42. The van der Waals surface area contributed by atoms with Gasteiger partial charge in [-0.25, -0.2) is 4.79 Å². The molecule has 0 spiro atoms. The van der Waals surface area contributed by atoms with Crippen LogP contribution in [0.25, 0.3) is 0 Å². The van der Waals surface area contributed by atoms with E-state index in [1.807, 2.05) is 47.4 Å². The summed E-state index contributed by atoms with van der Waals surface area (Å²) in [6, 6.07) is 15.1. The number of benzene rings is 2. The minimum Gasteiger partial charge on any atom is -0.343 e. The molecule has 0 saturated carbocycles. The minimum absolute atomic E-state index is 0.0155. The Hall–Kier alpha value is -3.15. The maximum absolute atomic E-state index is 12.6. The summed E-state index contributed by atoms with van der Waals surface area (Å²) in [5, 5.41) is 5.80. The van der Waals surface area contributed by atoms with Crippen molar-refractivity contribution in [1.82, 2.24) is 10.2 Å². The summed E-state index contributed by atoms with van der Waals surface area (Å²) in [6.07, 6.45) is 5.21. The molecule has 0 atom stereocenters. The smallest absolute Gasteiger partial charge is 0.319 e. The van der Waals surface area contributed by atoms with Crippen molar-refractivity contribution in [1.29, 1.82) is 0 Å². The van der Waals surface area contributed by atoms with Crippen LogP contribution in [0, 0.1) is 0 Å². The van der Waals surface area contributed by atoms with E-state index in [1.165, 1.54) is 11.1 Å². The lowest BCUT2D eigenvalue weighted by Crippen LogP contribution is -2.47. The van der Waals surface area contributed by atoms with Crippen LogP contribution in [-0.2, 0) is 17.6 Å². The third-order valence-corrected chi connectivity index (χ3v) is 6.20. The number of ketones is 1. The number of para-hydroxylation sites is 1. The number of amides is 3. The van der Waals surface area contributed by atoms with Crippen molar-refractivity contribution >= 4 is 23.4 Å². The molecular formula is C25H29N3O3. The van der Waals surface area contributed by atoms with Crippen LogP contribution in [0.5, 0.6) is 0 Å². The molecular weight excluding hydrogens is 390 g/mol. The van der Waals surface area contributed by atoms with E-state index in [-0.39, 0.29) is 36.6 Å². The van der Waals surface area contributed by atoms with E-state index >= 15 is 0 Å². The average Bonchev–Trinajstić information content (AvgIpc) is 3.26. The van der Waals surface area contributed by atoms with Gasteiger partial charge in [-0.05, 0) is 61.4 Å². The number of aryl methyl sites for hydroxylation is 2. The number of carbonyl (C=O) groups excluding carboxylic acids is 3. The molecule has 6 heteroatoms. The second-order valence-corrected chi connectivity index (χ2v) is 8.38. The maximum Gasteiger partial charge on any atom is 0.319 e. The number of nitrogens with one attached hydrogen (secondary N) is 2. The first-order chi connectivity index (χ1) is 15.1. The van der Waals surface area contributed by atoms with E-state index in [0.717, 1.165) is 30.5 Å². The van der Waals surface area contributed by atoms with E-state index in [9.17, 15) is 14.4 Å². The van der Waals surface area contributed by atoms with Crippen LogP contribution in [0.2, 0.25) is 0 Å². The highest BCUT2D eigenvalue weighted by Gasteiger charge is 2.24. The summed E-state index contributed by atoms with van der Waals surface area (Å²) < 4.78 is 0. The molecule has 0 bridgehead atoms. The van der Waals surface area contributed by atoms with Crippen molar-refractivity contribution in [2.75, 3.05) is 18.4 Å². The highest BCUT2D eigenvalue weighted by molar-refractivity contribution is 5.98. The standard InChI is InChI=1S/C25H29N3O3/c29-23(20-10-9-18-5-4-6-19(18)17-20)11-12-24(30)28-15-13-22(14-16-28)27-25(31)26-21-7-2-1-3-8-21/h1-3,7-10,17,22H,4-6,11-16H2,(H2,26,27,31). The molecule has 1 saturated heterocycles. The van der Waals surface area contributed by atoms with Gasteiger partial charge in [0.1, 0.15) is 0 Å². The number of fused-ring (bicyclic) bond motifs is 1. The van der Waals surface area contributed by atoms with Crippen LogP contribution in [0.1, 0.15) is 53.6 Å². The fraction of sp³-hybridized carbons (Fsp3) is 0.400. The Kier molecular flexibility index (Phi) is 6.65. The summed E-state index contributed by atoms with van der Waals surface area (Å²) in [6.45, 7) is 1.20. The zero-order valence-electron chi connectivity index (χ0n) is 17.7. The molecule has 0 unspecified atom stereocenters. The lowest BCUT2D eigenvalue weighted by Gasteiger charge is -2.32. The Labute approximate surface area is 183 Å². The van der Waals surface area contributed by atoms with Crippen LogP contribution in [0.3, 0.4) is 0 Å². The second kappa shape index (κ2) is 9.77. The quantitative estimate of drug-likeness (QED) is 0.696. The molecule has 1 aliphatic heterocycles. The summed E-state index contributed by atoms with van der Waals surface area (Å²) in [7, 11) is 0.